The second kappa shape index (κ2) is 5.92. The Morgan fingerprint density at radius 1 is 1.65 bits per heavy atom. The van der Waals surface area contributed by atoms with Gasteiger partial charge >= 0.3 is 0 Å². The average molecular weight is 350 g/mol. The molecule has 1 atom stereocenters. The van der Waals surface area contributed by atoms with Gasteiger partial charge in [-0.1, -0.05) is 0 Å². The molecule has 7 heteroatoms. The third kappa shape index (κ3) is 3.63. The Hall–Kier alpha value is -1.22. The molecule has 0 aliphatic carbocycles. The first-order valence-electron chi connectivity index (χ1n) is 4.81. The predicted molar refractivity (Wildman–Crippen MR) is 69.8 cm³/mol. The molecule has 0 bridgehead atoms. The van der Waals surface area contributed by atoms with Crippen LogP contribution in [0.2, 0.25) is 0 Å². The van der Waals surface area contributed by atoms with E-state index in [0.29, 0.717) is 3.57 Å². The van der Waals surface area contributed by atoms with Crippen LogP contribution in [0.5, 0.6) is 0 Å². The number of carbonyl (C=O) groups is 1. The van der Waals surface area contributed by atoms with E-state index in [1.807, 2.05) is 22.6 Å². The van der Waals surface area contributed by atoms with Crippen LogP contribution in [0.3, 0.4) is 0 Å². The molecule has 6 nitrogen and oxygen atoms in total. The normalized spacial score (nSPS) is 11.9. The zero-order valence-corrected chi connectivity index (χ0v) is 11.2. The fourth-order valence-electron chi connectivity index (χ4n) is 1.15. The molecule has 0 heterocycles. The number of hydrogen-bond acceptors (Lipinski definition) is 4. The van der Waals surface area contributed by atoms with Gasteiger partial charge in [0.1, 0.15) is 0 Å². The van der Waals surface area contributed by atoms with E-state index in [0.717, 1.165) is 0 Å². The Labute approximate surface area is 111 Å². The number of nitrogens with zero attached hydrogens (tertiary/aromatic N) is 1. The van der Waals surface area contributed by atoms with Crippen molar-refractivity contribution in [3.05, 3.63) is 37.4 Å². The molecule has 1 rings (SSSR count). The molecule has 0 radical (unpaired) electrons. The van der Waals surface area contributed by atoms with Gasteiger partial charge in [0.05, 0.1) is 17.1 Å². The first-order chi connectivity index (χ1) is 7.95. The van der Waals surface area contributed by atoms with Crippen molar-refractivity contribution in [2.45, 2.75) is 13.0 Å². The average Bonchev–Trinajstić information content (AvgIpc) is 2.28. The smallest absolute Gasteiger partial charge is 0.270 e. The van der Waals surface area contributed by atoms with Crippen molar-refractivity contribution in [1.29, 1.82) is 0 Å². The molecule has 0 saturated heterocycles. The fourth-order valence-corrected chi connectivity index (χ4v) is 1.73. The quantitative estimate of drug-likeness (QED) is 0.487. The van der Waals surface area contributed by atoms with E-state index in [9.17, 15) is 14.9 Å². The second-order valence-electron chi connectivity index (χ2n) is 3.48. The summed E-state index contributed by atoms with van der Waals surface area (Å²) in [6, 6.07) is 3.68. The SMILES string of the molecule is C[C@@H](CO)NC(=O)c1cc([N+](=O)[O-])ccc1I. The standard InChI is InChI=1S/C10H11IN2O4/c1-6(5-14)12-10(15)8-4-7(13(16)17)2-3-9(8)11/h2-4,6,14H,5H2,1H3,(H,12,15)/t6-/m0/s1. The van der Waals surface area contributed by atoms with Gasteiger partial charge in [-0.05, 0) is 35.6 Å². The summed E-state index contributed by atoms with van der Waals surface area (Å²) < 4.78 is 0.621. The number of carbonyl (C=O) groups excluding carboxylic acids is 1. The molecule has 0 saturated carbocycles. The first kappa shape index (κ1) is 13.8. The maximum atomic E-state index is 11.8. The van der Waals surface area contributed by atoms with Gasteiger partial charge in [-0.25, -0.2) is 0 Å². The van der Waals surface area contributed by atoms with Gasteiger partial charge in [-0.2, -0.15) is 0 Å². The lowest BCUT2D eigenvalue weighted by Crippen LogP contribution is -2.35. The number of nitro benzene ring substituents is 1. The minimum absolute atomic E-state index is 0.132. The van der Waals surface area contributed by atoms with Crippen molar-refractivity contribution in [3.8, 4) is 0 Å². The number of non-ortho nitro benzene ring substituents is 1. The van der Waals surface area contributed by atoms with Crippen molar-refractivity contribution in [2.75, 3.05) is 6.61 Å². The zero-order valence-electron chi connectivity index (χ0n) is 9.01. The molecule has 0 aliphatic rings. The van der Waals surface area contributed by atoms with Crippen LogP contribution in [0, 0.1) is 13.7 Å². The number of aliphatic hydroxyl groups excluding tert-OH is 1. The molecular formula is C10H11IN2O4. The highest BCUT2D eigenvalue weighted by Crippen LogP contribution is 2.19. The van der Waals surface area contributed by atoms with Crippen LogP contribution < -0.4 is 5.32 Å². The maximum absolute atomic E-state index is 11.8. The van der Waals surface area contributed by atoms with Crippen molar-refractivity contribution in [3.63, 3.8) is 0 Å². The monoisotopic (exact) mass is 350 g/mol. The number of benzene rings is 1. The van der Waals surface area contributed by atoms with Gasteiger partial charge in [0.2, 0.25) is 0 Å². The van der Waals surface area contributed by atoms with Crippen LogP contribution in [0.25, 0.3) is 0 Å². The number of nitrogens with one attached hydrogen (secondary N) is 1. The van der Waals surface area contributed by atoms with Gasteiger partial charge < -0.3 is 10.4 Å². The first-order valence-corrected chi connectivity index (χ1v) is 5.89. The van der Waals surface area contributed by atoms with E-state index in [-0.39, 0.29) is 17.9 Å². The fraction of sp³-hybridized carbons (Fsp3) is 0.300. The third-order valence-electron chi connectivity index (χ3n) is 2.06. The van der Waals surface area contributed by atoms with Gasteiger partial charge in [0.25, 0.3) is 11.6 Å². The van der Waals surface area contributed by atoms with E-state index >= 15 is 0 Å². The number of nitro groups is 1. The molecule has 0 aromatic heterocycles. The summed E-state index contributed by atoms with van der Waals surface area (Å²) in [5.74, 6) is -0.431. The van der Waals surface area contributed by atoms with Gasteiger partial charge in [-0.3, -0.25) is 14.9 Å². The van der Waals surface area contributed by atoms with Crippen molar-refractivity contribution in [2.24, 2.45) is 0 Å². The summed E-state index contributed by atoms with van der Waals surface area (Å²) in [6.45, 7) is 1.46. The molecule has 17 heavy (non-hydrogen) atoms. The van der Waals surface area contributed by atoms with E-state index in [1.54, 1.807) is 6.92 Å². The van der Waals surface area contributed by atoms with Crippen LogP contribution in [-0.2, 0) is 0 Å². The van der Waals surface area contributed by atoms with Crippen LogP contribution in [-0.4, -0.2) is 28.6 Å². The summed E-state index contributed by atoms with van der Waals surface area (Å²) in [5.41, 5.74) is 0.104. The molecule has 1 aromatic rings. The Balaban J connectivity index is 3.00. The van der Waals surface area contributed by atoms with E-state index in [1.165, 1.54) is 18.2 Å². The van der Waals surface area contributed by atoms with Crippen molar-refractivity contribution < 1.29 is 14.8 Å². The second-order valence-corrected chi connectivity index (χ2v) is 4.64. The highest BCUT2D eigenvalue weighted by Gasteiger charge is 2.16. The van der Waals surface area contributed by atoms with Gasteiger partial charge in [0, 0.05) is 21.7 Å². The molecule has 0 aliphatic heterocycles. The van der Waals surface area contributed by atoms with Crippen molar-refractivity contribution >= 4 is 34.2 Å². The molecular weight excluding hydrogens is 339 g/mol. The number of hydrogen-bond donors (Lipinski definition) is 2. The van der Waals surface area contributed by atoms with E-state index in [2.05, 4.69) is 5.32 Å². The zero-order chi connectivity index (χ0) is 13.0. The lowest BCUT2D eigenvalue weighted by atomic mass is 10.2. The van der Waals surface area contributed by atoms with Crippen LogP contribution >= 0.6 is 22.6 Å². The summed E-state index contributed by atoms with van der Waals surface area (Å²) in [7, 11) is 0. The summed E-state index contributed by atoms with van der Waals surface area (Å²) in [4.78, 5) is 21.8. The Morgan fingerprint density at radius 3 is 2.82 bits per heavy atom. The molecule has 0 unspecified atom stereocenters. The lowest BCUT2D eigenvalue weighted by molar-refractivity contribution is -0.384. The molecule has 1 aromatic carbocycles. The lowest BCUT2D eigenvalue weighted by Gasteiger charge is -2.11. The number of halogens is 1. The molecule has 2 N–H and O–H groups in total. The summed E-state index contributed by atoms with van der Waals surface area (Å²) >= 11 is 1.93. The van der Waals surface area contributed by atoms with E-state index < -0.39 is 16.9 Å². The van der Waals surface area contributed by atoms with E-state index in [4.69, 9.17) is 5.11 Å². The van der Waals surface area contributed by atoms with Gasteiger partial charge in [-0.15, -0.1) is 0 Å². The van der Waals surface area contributed by atoms with Crippen molar-refractivity contribution in [1.82, 2.24) is 5.32 Å². The Kier molecular flexibility index (Phi) is 4.82. The molecule has 0 spiro atoms. The Morgan fingerprint density at radius 2 is 2.29 bits per heavy atom. The third-order valence-corrected chi connectivity index (χ3v) is 3.00. The topological polar surface area (TPSA) is 92.5 Å². The molecule has 1 amide bonds. The number of amides is 1. The maximum Gasteiger partial charge on any atom is 0.270 e. The minimum Gasteiger partial charge on any atom is -0.394 e. The van der Waals surface area contributed by atoms with Crippen LogP contribution in [0.15, 0.2) is 18.2 Å². The Bertz CT molecular complexity index is 450. The highest BCUT2D eigenvalue weighted by molar-refractivity contribution is 14.1. The van der Waals surface area contributed by atoms with Crippen LogP contribution in [0.1, 0.15) is 17.3 Å². The van der Waals surface area contributed by atoms with Gasteiger partial charge in [0.15, 0.2) is 0 Å². The predicted octanol–water partition coefficient (Wildman–Crippen LogP) is 1.31. The minimum atomic E-state index is -0.553. The largest absolute Gasteiger partial charge is 0.394 e. The molecule has 92 valence electrons. The summed E-state index contributed by atoms with van der Waals surface area (Å²) in [5, 5.41) is 22.0. The number of rotatable bonds is 4. The van der Waals surface area contributed by atoms with Crippen LogP contribution in [0.4, 0.5) is 5.69 Å². The summed E-state index contributed by atoms with van der Waals surface area (Å²) in [6.07, 6.45) is 0. The number of aliphatic hydroxyl groups is 1. The highest BCUT2D eigenvalue weighted by atomic mass is 127. The molecule has 0 fully saturated rings.